The Balaban J connectivity index is 1.44. The lowest BCUT2D eigenvalue weighted by atomic mass is 9.46. The highest BCUT2D eigenvalue weighted by Crippen LogP contribution is 2.66. The van der Waals surface area contributed by atoms with E-state index in [4.69, 9.17) is 0 Å². The van der Waals surface area contributed by atoms with Crippen molar-refractivity contribution in [1.82, 2.24) is 4.90 Å². The van der Waals surface area contributed by atoms with Crippen LogP contribution in [0.1, 0.15) is 69.9 Å². The summed E-state index contributed by atoms with van der Waals surface area (Å²) in [7, 11) is 2.01. The van der Waals surface area contributed by atoms with Gasteiger partial charge in [0.15, 0.2) is 0 Å². The number of benzene rings is 1. The highest BCUT2D eigenvalue weighted by Gasteiger charge is 2.58. The van der Waals surface area contributed by atoms with E-state index in [2.05, 4.69) is 51.1 Å². The zero-order valence-corrected chi connectivity index (χ0v) is 18.7. The second-order valence-electron chi connectivity index (χ2n) is 11.1. The number of fused-ring (bicyclic) bond motifs is 5. The molecule has 4 aliphatic rings. The van der Waals surface area contributed by atoms with Crippen LogP contribution in [0, 0.1) is 41.4 Å². The number of aryl methyl sites for hydroxylation is 1. The minimum atomic E-state index is 0.329. The molecule has 156 valence electrons. The van der Waals surface area contributed by atoms with E-state index < -0.39 is 0 Å². The lowest BCUT2D eigenvalue weighted by Gasteiger charge is -2.58. The molecule has 0 radical (unpaired) electrons. The van der Waals surface area contributed by atoms with Gasteiger partial charge in [0, 0.05) is 20.0 Å². The van der Waals surface area contributed by atoms with Crippen molar-refractivity contribution >= 4 is 11.5 Å². The van der Waals surface area contributed by atoms with Crippen LogP contribution in [0.2, 0.25) is 0 Å². The average molecular weight is 392 g/mol. The summed E-state index contributed by atoms with van der Waals surface area (Å²) < 4.78 is 0. The predicted molar refractivity (Wildman–Crippen MR) is 119 cm³/mol. The van der Waals surface area contributed by atoms with Gasteiger partial charge in [-0.15, -0.1) is 0 Å². The van der Waals surface area contributed by atoms with Gasteiger partial charge in [0.05, 0.1) is 0 Å². The Labute approximate surface area is 176 Å². The quantitative estimate of drug-likeness (QED) is 0.566. The Hall–Kier alpha value is -1.57. The zero-order chi connectivity index (χ0) is 20.4. The van der Waals surface area contributed by atoms with Gasteiger partial charge in [-0.05, 0) is 91.1 Å². The summed E-state index contributed by atoms with van der Waals surface area (Å²) in [6.07, 6.45) is 11.0. The number of rotatable bonds is 1. The molecule has 1 aliphatic heterocycles. The van der Waals surface area contributed by atoms with Crippen LogP contribution in [0.3, 0.4) is 0 Å². The molecule has 0 unspecified atom stereocenters. The maximum Gasteiger partial charge on any atom is 0.222 e. The number of carbonyl (C=O) groups excluding carboxylic acids is 1. The van der Waals surface area contributed by atoms with Crippen molar-refractivity contribution in [2.45, 2.75) is 65.7 Å². The smallest absolute Gasteiger partial charge is 0.222 e. The molecular weight excluding hydrogens is 354 g/mol. The maximum atomic E-state index is 12.5. The van der Waals surface area contributed by atoms with Crippen LogP contribution in [0.25, 0.3) is 5.57 Å². The fraction of sp³-hybridized carbons (Fsp3) is 0.667. The summed E-state index contributed by atoms with van der Waals surface area (Å²) >= 11 is 0. The Kier molecular flexibility index (Phi) is 4.50. The third-order valence-corrected chi connectivity index (χ3v) is 9.81. The maximum absolute atomic E-state index is 12.5. The molecule has 29 heavy (non-hydrogen) atoms. The third-order valence-electron chi connectivity index (χ3n) is 9.81. The second kappa shape index (κ2) is 6.72. The van der Waals surface area contributed by atoms with E-state index in [1.165, 1.54) is 49.7 Å². The molecular formula is C27H37NO. The van der Waals surface area contributed by atoms with Crippen LogP contribution in [0.15, 0.2) is 30.3 Å². The summed E-state index contributed by atoms with van der Waals surface area (Å²) in [5.41, 5.74) is 5.11. The van der Waals surface area contributed by atoms with E-state index in [-0.39, 0.29) is 0 Å². The largest absolute Gasteiger partial charge is 0.346 e. The summed E-state index contributed by atoms with van der Waals surface area (Å²) in [6.45, 7) is 8.27. The zero-order valence-electron chi connectivity index (χ0n) is 18.7. The first-order chi connectivity index (χ1) is 13.8. The minimum absolute atomic E-state index is 0.329. The van der Waals surface area contributed by atoms with Crippen molar-refractivity contribution in [3.8, 4) is 0 Å². The molecule has 1 aromatic carbocycles. The van der Waals surface area contributed by atoms with Crippen molar-refractivity contribution in [1.29, 1.82) is 0 Å². The molecule has 0 aromatic heterocycles. The number of hydrogen-bond donors (Lipinski definition) is 0. The number of carbonyl (C=O) groups is 1. The van der Waals surface area contributed by atoms with Crippen molar-refractivity contribution in [3.05, 3.63) is 41.5 Å². The number of nitrogens with zero attached hydrogens (tertiary/aromatic N) is 1. The second-order valence-corrected chi connectivity index (χ2v) is 11.1. The summed E-state index contributed by atoms with van der Waals surface area (Å²) in [6, 6.07) is 9.14. The summed E-state index contributed by atoms with van der Waals surface area (Å²) in [4.78, 5) is 14.5. The molecule has 1 heterocycles. The van der Waals surface area contributed by atoms with Crippen molar-refractivity contribution < 1.29 is 4.79 Å². The average Bonchev–Trinajstić information content (AvgIpc) is 3.00. The normalized spacial score (nSPS) is 41.9. The lowest BCUT2D eigenvalue weighted by molar-refractivity contribution is -0.131. The van der Waals surface area contributed by atoms with Crippen LogP contribution in [0.4, 0.5) is 0 Å². The molecule has 1 saturated heterocycles. The van der Waals surface area contributed by atoms with E-state index in [1.54, 1.807) is 5.57 Å². The van der Waals surface area contributed by atoms with Crippen molar-refractivity contribution in [2.75, 3.05) is 13.6 Å². The fourth-order valence-corrected chi connectivity index (χ4v) is 7.99. The number of hydrogen-bond acceptors (Lipinski definition) is 1. The summed E-state index contributed by atoms with van der Waals surface area (Å²) in [5, 5.41) is 0. The molecule has 0 bridgehead atoms. The van der Waals surface area contributed by atoms with Gasteiger partial charge in [0.2, 0.25) is 5.91 Å². The van der Waals surface area contributed by atoms with Crippen LogP contribution < -0.4 is 0 Å². The van der Waals surface area contributed by atoms with E-state index in [0.717, 1.165) is 30.7 Å². The van der Waals surface area contributed by atoms with Gasteiger partial charge in [-0.1, -0.05) is 49.8 Å². The van der Waals surface area contributed by atoms with Gasteiger partial charge in [0.25, 0.3) is 0 Å². The Bertz CT molecular complexity index is 856. The van der Waals surface area contributed by atoms with Gasteiger partial charge < -0.3 is 4.90 Å². The SMILES string of the molecule is Cc1cccc(C2=CC[C@H]3[C@@H]4CC[C@H]5CC(=O)N(C)CC[C@]5(C)[C@H]4CC[C@]23C)c1. The van der Waals surface area contributed by atoms with Crippen LogP contribution in [-0.4, -0.2) is 24.4 Å². The molecule has 0 spiro atoms. The molecule has 3 fully saturated rings. The number of allylic oxidation sites excluding steroid dienone is 2. The molecule has 2 saturated carbocycles. The molecule has 2 nitrogen and oxygen atoms in total. The van der Waals surface area contributed by atoms with E-state index >= 15 is 0 Å². The number of likely N-dealkylation sites (tertiary alicyclic amines) is 1. The van der Waals surface area contributed by atoms with E-state index in [9.17, 15) is 4.79 Å². The Morgan fingerprint density at radius 2 is 1.90 bits per heavy atom. The molecule has 1 aromatic rings. The number of amides is 1. The van der Waals surface area contributed by atoms with Crippen LogP contribution in [-0.2, 0) is 4.79 Å². The van der Waals surface area contributed by atoms with E-state index in [0.29, 0.717) is 22.7 Å². The first kappa shape index (κ1) is 19.4. The van der Waals surface area contributed by atoms with Gasteiger partial charge in [-0.3, -0.25) is 4.79 Å². The first-order valence-corrected chi connectivity index (χ1v) is 11.8. The molecule has 0 N–H and O–H groups in total. The highest BCUT2D eigenvalue weighted by molar-refractivity contribution is 5.76. The van der Waals surface area contributed by atoms with Crippen molar-refractivity contribution in [3.63, 3.8) is 0 Å². The Morgan fingerprint density at radius 3 is 2.69 bits per heavy atom. The standard InChI is InChI=1S/C27H37NO/c1-18-6-5-7-19(16-18)22-10-11-23-21-9-8-20-17-25(29)28(4)15-14-26(20,2)24(21)12-13-27(22,23)3/h5-7,10,16,20-21,23-24H,8-9,11-15,17H2,1-4H3/t20-,21-,23-,24-,26-,27+/m0/s1. The predicted octanol–water partition coefficient (Wildman–Crippen LogP) is 6.10. The molecule has 3 aliphatic carbocycles. The monoisotopic (exact) mass is 391 g/mol. The minimum Gasteiger partial charge on any atom is -0.346 e. The van der Waals surface area contributed by atoms with Gasteiger partial charge in [-0.25, -0.2) is 0 Å². The molecule has 5 rings (SSSR count). The topological polar surface area (TPSA) is 20.3 Å². The fourth-order valence-electron chi connectivity index (χ4n) is 7.99. The third kappa shape index (κ3) is 2.85. The van der Waals surface area contributed by atoms with E-state index in [1.807, 2.05) is 11.9 Å². The van der Waals surface area contributed by atoms with Crippen molar-refractivity contribution in [2.24, 2.45) is 34.5 Å². The Morgan fingerprint density at radius 1 is 1.07 bits per heavy atom. The van der Waals surface area contributed by atoms with Crippen LogP contribution in [0.5, 0.6) is 0 Å². The molecule has 6 atom stereocenters. The van der Waals surface area contributed by atoms with Gasteiger partial charge >= 0.3 is 0 Å². The lowest BCUT2D eigenvalue weighted by Crippen LogP contribution is -2.51. The molecule has 2 heteroatoms. The first-order valence-electron chi connectivity index (χ1n) is 11.8. The van der Waals surface area contributed by atoms with Gasteiger partial charge in [0.1, 0.15) is 0 Å². The highest BCUT2D eigenvalue weighted by atomic mass is 16.2. The molecule has 1 amide bonds. The van der Waals surface area contributed by atoms with Gasteiger partial charge in [-0.2, -0.15) is 0 Å². The summed E-state index contributed by atoms with van der Waals surface area (Å²) in [5.74, 6) is 3.38. The van der Waals surface area contributed by atoms with Crippen LogP contribution >= 0.6 is 0 Å².